The first-order valence-corrected chi connectivity index (χ1v) is 8.04. The standard InChI is InChI=1S/C17H23N5O.ClH/c1-12-4-6-15(7-5-12)22-14(3)16(19-20-22)10-17(23)21-9-8-18-11-13(21)2;/h4-7,13,18H,8-11H2,1-3H3;1H/t13-;/m1./s1. The molecule has 1 amide bonds. The summed E-state index contributed by atoms with van der Waals surface area (Å²) >= 11 is 0. The molecule has 1 N–H and O–H groups in total. The molecule has 0 unspecified atom stereocenters. The molecule has 2 aromatic rings. The summed E-state index contributed by atoms with van der Waals surface area (Å²) < 4.78 is 1.79. The third kappa shape index (κ3) is 3.76. The number of halogens is 1. The van der Waals surface area contributed by atoms with Crippen molar-refractivity contribution in [2.75, 3.05) is 19.6 Å². The van der Waals surface area contributed by atoms with Gasteiger partial charge in [0, 0.05) is 25.7 Å². The third-order valence-corrected chi connectivity index (χ3v) is 4.41. The average molecular weight is 350 g/mol. The number of carbonyl (C=O) groups excluding carboxylic acids is 1. The second kappa shape index (κ2) is 7.77. The minimum atomic E-state index is 0. The number of piperazine rings is 1. The molecule has 24 heavy (non-hydrogen) atoms. The minimum absolute atomic E-state index is 0. The van der Waals surface area contributed by atoms with Crippen LogP contribution in [0.3, 0.4) is 0 Å². The fourth-order valence-electron chi connectivity index (χ4n) is 2.91. The molecule has 1 aromatic carbocycles. The molecule has 1 aliphatic heterocycles. The number of amides is 1. The predicted octanol–water partition coefficient (Wildman–Crippen LogP) is 1.67. The van der Waals surface area contributed by atoms with Crippen LogP contribution in [0.25, 0.3) is 5.69 Å². The highest BCUT2D eigenvalue weighted by Crippen LogP contribution is 2.15. The van der Waals surface area contributed by atoms with Gasteiger partial charge in [0.25, 0.3) is 0 Å². The number of rotatable bonds is 3. The fraction of sp³-hybridized carbons (Fsp3) is 0.471. The maximum atomic E-state index is 12.5. The molecule has 1 aliphatic rings. The first-order valence-electron chi connectivity index (χ1n) is 8.04. The van der Waals surface area contributed by atoms with Crippen LogP contribution < -0.4 is 5.32 Å². The van der Waals surface area contributed by atoms with Gasteiger partial charge in [-0.3, -0.25) is 4.79 Å². The van der Waals surface area contributed by atoms with Gasteiger partial charge in [-0.1, -0.05) is 22.9 Å². The Morgan fingerprint density at radius 3 is 2.67 bits per heavy atom. The lowest BCUT2D eigenvalue weighted by Gasteiger charge is -2.33. The molecule has 130 valence electrons. The molecule has 0 aliphatic carbocycles. The Kier molecular flexibility index (Phi) is 5.96. The van der Waals surface area contributed by atoms with Gasteiger partial charge < -0.3 is 10.2 Å². The third-order valence-electron chi connectivity index (χ3n) is 4.41. The number of carbonyl (C=O) groups is 1. The zero-order valence-electron chi connectivity index (χ0n) is 14.3. The van der Waals surface area contributed by atoms with Gasteiger partial charge in [-0.15, -0.1) is 17.5 Å². The highest BCUT2D eigenvalue weighted by atomic mass is 35.5. The van der Waals surface area contributed by atoms with E-state index in [1.165, 1.54) is 5.56 Å². The van der Waals surface area contributed by atoms with E-state index in [-0.39, 0.29) is 24.4 Å². The van der Waals surface area contributed by atoms with Crippen molar-refractivity contribution in [2.45, 2.75) is 33.2 Å². The van der Waals surface area contributed by atoms with Gasteiger partial charge in [0.2, 0.25) is 5.91 Å². The van der Waals surface area contributed by atoms with E-state index < -0.39 is 0 Å². The van der Waals surface area contributed by atoms with Crippen LogP contribution in [0.2, 0.25) is 0 Å². The summed E-state index contributed by atoms with van der Waals surface area (Å²) in [5, 5.41) is 11.7. The number of hydrogen-bond donors (Lipinski definition) is 1. The molecular formula is C17H24ClN5O. The second-order valence-electron chi connectivity index (χ2n) is 6.19. The molecule has 1 saturated heterocycles. The molecule has 0 saturated carbocycles. The number of nitrogens with one attached hydrogen (secondary N) is 1. The predicted molar refractivity (Wildman–Crippen MR) is 95.8 cm³/mol. The Morgan fingerprint density at radius 1 is 1.29 bits per heavy atom. The number of benzene rings is 1. The number of aryl methyl sites for hydroxylation is 1. The minimum Gasteiger partial charge on any atom is -0.337 e. The number of hydrogen-bond acceptors (Lipinski definition) is 4. The highest BCUT2D eigenvalue weighted by Gasteiger charge is 2.24. The summed E-state index contributed by atoms with van der Waals surface area (Å²) in [6.45, 7) is 8.54. The monoisotopic (exact) mass is 349 g/mol. The molecule has 1 atom stereocenters. The lowest BCUT2D eigenvalue weighted by Crippen LogP contribution is -2.52. The van der Waals surface area contributed by atoms with Crippen LogP contribution in [-0.2, 0) is 11.2 Å². The van der Waals surface area contributed by atoms with Crippen LogP contribution in [-0.4, -0.2) is 51.5 Å². The molecule has 3 rings (SSSR count). The first-order chi connectivity index (χ1) is 11.1. The molecule has 0 bridgehead atoms. The van der Waals surface area contributed by atoms with E-state index in [1.54, 1.807) is 4.68 Å². The van der Waals surface area contributed by atoms with Gasteiger partial charge in [0.05, 0.1) is 23.5 Å². The molecular weight excluding hydrogens is 326 g/mol. The molecule has 6 nitrogen and oxygen atoms in total. The fourth-order valence-corrected chi connectivity index (χ4v) is 2.91. The Morgan fingerprint density at radius 2 is 2.00 bits per heavy atom. The summed E-state index contributed by atoms with van der Waals surface area (Å²) in [5.74, 6) is 0.123. The van der Waals surface area contributed by atoms with Gasteiger partial charge >= 0.3 is 0 Å². The van der Waals surface area contributed by atoms with Crippen molar-refractivity contribution < 1.29 is 4.79 Å². The van der Waals surface area contributed by atoms with Gasteiger partial charge in [0.15, 0.2) is 0 Å². The van der Waals surface area contributed by atoms with E-state index in [4.69, 9.17) is 0 Å². The van der Waals surface area contributed by atoms with Crippen LogP contribution in [0.1, 0.15) is 23.9 Å². The summed E-state index contributed by atoms with van der Waals surface area (Å²) in [6.07, 6.45) is 0.308. The average Bonchev–Trinajstić information content (AvgIpc) is 2.89. The lowest BCUT2D eigenvalue weighted by atomic mass is 10.1. The normalized spacial score (nSPS) is 17.5. The van der Waals surface area contributed by atoms with E-state index in [2.05, 4.69) is 29.5 Å². The number of aromatic nitrogens is 3. The van der Waals surface area contributed by atoms with Crippen LogP contribution in [0.4, 0.5) is 0 Å². The largest absolute Gasteiger partial charge is 0.337 e. The summed E-state index contributed by atoms with van der Waals surface area (Å²) in [4.78, 5) is 14.5. The Bertz CT molecular complexity index is 698. The van der Waals surface area contributed by atoms with Crippen molar-refractivity contribution in [3.05, 3.63) is 41.2 Å². The maximum Gasteiger partial charge on any atom is 0.229 e. The van der Waals surface area contributed by atoms with Gasteiger partial charge in [0.1, 0.15) is 0 Å². The van der Waals surface area contributed by atoms with Crippen molar-refractivity contribution in [1.29, 1.82) is 0 Å². The van der Waals surface area contributed by atoms with E-state index in [0.29, 0.717) is 6.42 Å². The molecule has 2 heterocycles. The Labute approximate surface area is 148 Å². The van der Waals surface area contributed by atoms with E-state index in [1.807, 2.05) is 36.1 Å². The highest BCUT2D eigenvalue weighted by molar-refractivity contribution is 5.85. The number of nitrogens with zero attached hydrogens (tertiary/aromatic N) is 4. The molecule has 0 radical (unpaired) electrons. The van der Waals surface area contributed by atoms with E-state index >= 15 is 0 Å². The first kappa shape index (κ1) is 18.4. The molecule has 1 aromatic heterocycles. The van der Waals surface area contributed by atoms with Crippen LogP contribution >= 0.6 is 12.4 Å². The molecule has 7 heteroatoms. The SMILES string of the molecule is Cc1ccc(-n2nnc(CC(=O)N3CCNC[C@H]3C)c2C)cc1.Cl. The van der Waals surface area contributed by atoms with Crippen molar-refractivity contribution in [1.82, 2.24) is 25.2 Å². The van der Waals surface area contributed by atoms with Gasteiger partial charge in [-0.25, -0.2) is 4.68 Å². The zero-order valence-corrected chi connectivity index (χ0v) is 15.1. The zero-order chi connectivity index (χ0) is 16.4. The smallest absolute Gasteiger partial charge is 0.229 e. The molecule has 1 fully saturated rings. The summed E-state index contributed by atoms with van der Waals surface area (Å²) in [6, 6.07) is 8.35. The van der Waals surface area contributed by atoms with E-state index in [9.17, 15) is 4.79 Å². The van der Waals surface area contributed by atoms with Crippen molar-refractivity contribution in [3.63, 3.8) is 0 Å². The van der Waals surface area contributed by atoms with Crippen LogP contribution in [0, 0.1) is 13.8 Å². The van der Waals surface area contributed by atoms with E-state index in [0.717, 1.165) is 36.7 Å². The second-order valence-corrected chi connectivity index (χ2v) is 6.19. The van der Waals surface area contributed by atoms with Gasteiger partial charge in [-0.2, -0.15) is 0 Å². The van der Waals surface area contributed by atoms with Gasteiger partial charge in [-0.05, 0) is 32.9 Å². The topological polar surface area (TPSA) is 63.1 Å². The quantitative estimate of drug-likeness (QED) is 0.915. The van der Waals surface area contributed by atoms with Crippen LogP contribution in [0.5, 0.6) is 0 Å². The summed E-state index contributed by atoms with van der Waals surface area (Å²) in [7, 11) is 0. The maximum absolute atomic E-state index is 12.5. The van der Waals surface area contributed by atoms with Crippen molar-refractivity contribution >= 4 is 18.3 Å². The van der Waals surface area contributed by atoms with Crippen molar-refractivity contribution in [3.8, 4) is 5.69 Å². The summed E-state index contributed by atoms with van der Waals surface area (Å²) in [5.41, 5.74) is 3.84. The Hall–Kier alpha value is -1.92. The van der Waals surface area contributed by atoms with Crippen molar-refractivity contribution in [2.24, 2.45) is 0 Å². The lowest BCUT2D eigenvalue weighted by molar-refractivity contribution is -0.133. The van der Waals surface area contributed by atoms with Crippen LogP contribution in [0.15, 0.2) is 24.3 Å². The molecule has 0 spiro atoms. The Balaban J connectivity index is 0.00000208.